The molecule has 134 valence electrons. The largest absolute Gasteiger partial charge is 0.435 e. The van der Waals surface area contributed by atoms with Gasteiger partial charge in [0.05, 0.1) is 0 Å². The van der Waals surface area contributed by atoms with E-state index in [-0.39, 0.29) is 17.7 Å². The molecule has 4 nitrogen and oxygen atoms in total. The topological polar surface area (TPSA) is 54.9 Å². The van der Waals surface area contributed by atoms with Crippen LogP contribution in [-0.2, 0) is 11.2 Å². The third-order valence-corrected chi connectivity index (χ3v) is 3.87. The number of rotatable bonds is 9. The van der Waals surface area contributed by atoms with Crippen LogP contribution in [0.2, 0.25) is 0 Å². The van der Waals surface area contributed by atoms with E-state index in [0.717, 1.165) is 5.56 Å². The van der Waals surface area contributed by atoms with Crippen LogP contribution in [-0.4, -0.2) is 25.6 Å². The van der Waals surface area contributed by atoms with Crippen molar-refractivity contribution in [3.05, 3.63) is 65.7 Å². The molecule has 0 radical (unpaired) electrons. The Bertz CT molecular complexity index is 648. The molecule has 0 aromatic heterocycles. The van der Waals surface area contributed by atoms with Gasteiger partial charge >= 0.3 is 6.61 Å². The highest BCUT2D eigenvalue weighted by Gasteiger charge is 2.10. The number of carbonyl (C=O) groups excluding carboxylic acids is 1. The van der Waals surface area contributed by atoms with Crippen molar-refractivity contribution in [2.24, 2.45) is 0 Å². The molecule has 6 heteroatoms. The molecule has 0 aliphatic rings. The summed E-state index contributed by atoms with van der Waals surface area (Å²) >= 11 is 0. The summed E-state index contributed by atoms with van der Waals surface area (Å²) in [6, 6.07) is 16.7. The number of ether oxygens (including phenoxy) is 1. The summed E-state index contributed by atoms with van der Waals surface area (Å²) in [7, 11) is 0. The smallest absolute Gasteiger partial charge is 0.387 e. The van der Waals surface area contributed by atoms with E-state index in [0.29, 0.717) is 19.5 Å². The lowest BCUT2D eigenvalue weighted by molar-refractivity contribution is -0.682. The van der Waals surface area contributed by atoms with Crippen LogP contribution in [0.4, 0.5) is 8.78 Å². The van der Waals surface area contributed by atoms with E-state index >= 15 is 0 Å². The Hall–Kier alpha value is -2.47. The molecule has 0 saturated carbocycles. The maximum Gasteiger partial charge on any atom is 0.387 e. The molecule has 2 aromatic carbocycles. The summed E-state index contributed by atoms with van der Waals surface area (Å²) in [6.45, 7) is 0.101. The van der Waals surface area contributed by atoms with Gasteiger partial charge in [-0.2, -0.15) is 8.78 Å². The number of hydrogen-bond acceptors (Lipinski definition) is 2. The van der Waals surface area contributed by atoms with Gasteiger partial charge in [-0.3, -0.25) is 4.79 Å². The van der Waals surface area contributed by atoms with Crippen LogP contribution >= 0.6 is 0 Å². The molecule has 0 aliphatic heterocycles. The van der Waals surface area contributed by atoms with Crippen molar-refractivity contribution >= 4 is 5.91 Å². The van der Waals surface area contributed by atoms with E-state index in [1.54, 1.807) is 12.1 Å². The van der Waals surface area contributed by atoms with Crippen molar-refractivity contribution in [2.75, 3.05) is 13.1 Å². The van der Waals surface area contributed by atoms with E-state index in [1.165, 1.54) is 17.7 Å². The van der Waals surface area contributed by atoms with Crippen LogP contribution < -0.4 is 15.4 Å². The Kier molecular flexibility index (Phi) is 7.35. The number of amides is 1. The lowest BCUT2D eigenvalue weighted by atomic mass is 10.1. The summed E-state index contributed by atoms with van der Waals surface area (Å²) in [6.07, 6.45) is 0.634. The Morgan fingerprint density at radius 2 is 1.80 bits per heavy atom. The zero-order chi connectivity index (χ0) is 18.1. The van der Waals surface area contributed by atoms with Crippen molar-refractivity contribution in [2.45, 2.75) is 26.0 Å². The lowest BCUT2D eigenvalue weighted by Crippen LogP contribution is -2.87. The minimum absolute atomic E-state index is 0.0274. The number of nitrogens with one attached hydrogen (secondary N) is 1. The minimum atomic E-state index is -2.82. The fourth-order valence-electron chi connectivity index (χ4n) is 2.43. The number of benzene rings is 2. The molecular weight excluding hydrogens is 326 g/mol. The number of halogens is 2. The molecule has 0 unspecified atom stereocenters. The molecule has 1 amide bonds. The van der Waals surface area contributed by atoms with Crippen molar-refractivity contribution in [1.82, 2.24) is 5.32 Å². The highest BCUT2D eigenvalue weighted by molar-refractivity contribution is 5.76. The van der Waals surface area contributed by atoms with Crippen molar-refractivity contribution < 1.29 is 23.6 Å². The first-order valence-electron chi connectivity index (χ1n) is 8.23. The van der Waals surface area contributed by atoms with Crippen LogP contribution in [0.1, 0.15) is 24.1 Å². The van der Waals surface area contributed by atoms with Gasteiger partial charge in [0.25, 0.3) is 5.91 Å². The maximum absolute atomic E-state index is 12.1. The minimum Gasteiger partial charge on any atom is -0.435 e. The molecule has 0 aliphatic carbocycles. The van der Waals surface area contributed by atoms with Gasteiger partial charge in [-0.05, 0) is 31.0 Å². The average molecular weight is 349 g/mol. The monoisotopic (exact) mass is 349 g/mol. The Morgan fingerprint density at radius 3 is 2.44 bits per heavy atom. The van der Waals surface area contributed by atoms with E-state index in [2.05, 4.69) is 17.0 Å². The lowest BCUT2D eigenvalue weighted by Gasteiger charge is -2.11. The molecule has 3 N–H and O–H groups in total. The number of hydrogen-bond donors (Lipinski definition) is 2. The second-order valence-electron chi connectivity index (χ2n) is 5.76. The van der Waals surface area contributed by atoms with E-state index in [1.807, 2.05) is 35.6 Å². The predicted octanol–water partition coefficient (Wildman–Crippen LogP) is 2.27. The normalized spacial score (nSPS) is 12.0. The summed E-state index contributed by atoms with van der Waals surface area (Å²) in [4.78, 5) is 11.9. The third-order valence-electron chi connectivity index (χ3n) is 3.87. The van der Waals surface area contributed by atoms with Crippen LogP contribution in [0.15, 0.2) is 54.6 Å². The Labute approximate surface area is 146 Å². The van der Waals surface area contributed by atoms with Gasteiger partial charge in [-0.1, -0.05) is 42.5 Å². The van der Waals surface area contributed by atoms with Crippen molar-refractivity contribution in [1.29, 1.82) is 0 Å². The fraction of sp³-hybridized carbons (Fsp3) is 0.316. The second kappa shape index (κ2) is 9.74. The maximum atomic E-state index is 12.1. The van der Waals surface area contributed by atoms with Gasteiger partial charge in [0, 0.05) is 12.1 Å². The fourth-order valence-corrected chi connectivity index (χ4v) is 2.43. The van der Waals surface area contributed by atoms with Gasteiger partial charge in [0.15, 0.2) is 6.54 Å². The molecule has 0 heterocycles. The molecule has 0 fully saturated rings. The first-order chi connectivity index (χ1) is 12.0. The number of quaternary nitrogens is 1. The second-order valence-corrected chi connectivity index (χ2v) is 5.76. The molecule has 1 atom stereocenters. The highest BCUT2D eigenvalue weighted by Crippen LogP contribution is 2.14. The quantitative estimate of drug-likeness (QED) is 0.730. The van der Waals surface area contributed by atoms with E-state index in [4.69, 9.17) is 0 Å². The highest BCUT2D eigenvalue weighted by atomic mass is 19.3. The van der Waals surface area contributed by atoms with Crippen LogP contribution in [0.25, 0.3) is 0 Å². The summed E-state index contributed by atoms with van der Waals surface area (Å²) in [5, 5.41) is 4.85. The van der Waals surface area contributed by atoms with Gasteiger partial charge in [-0.15, -0.1) is 0 Å². The van der Waals surface area contributed by atoms with E-state index in [9.17, 15) is 13.6 Å². The first kappa shape index (κ1) is 18.9. The zero-order valence-electron chi connectivity index (χ0n) is 14.1. The molecule has 0 saturated heterocycles. The van der Waals surface area contributed by atoms with Crippen LogP contribution in [0.5, 0.6) is 5.75 Å². The summed E-state index contributed by atoms with van der Waals surface area (Å²) < 4.78 is 28.5. The molecule has 2 rings (SSSR count). The molecule has 25 heavy (non-hydrogen) atoms. The van der Waals surface area contributed by atoms with Crippen molar-refractivity contribution in [3.63, 3.8) is 0 Å². The number of carbonyl (C=O) groups is 1. The van der Waals surface area contributed by atoms with Crippen LogP contribution in [0, 0.1) is 0 Å². The standard InChI is InChI=1S/C19H22F2N2O2/c1-14(16-5-3-2-4-6-16)23-13-18(24)22-12-11-15-7-9-17(10-8-15)25-19(20)21/h2-10,14,19,23H,11-13H2,1H3,(H,22,24)/p+1/t14-/m0/s1. The summed E-state index contributed by atoms with van der Waals surface area (Å²) in [5.41, 5.74) is 2.13. The SMILES string of the molecule is C[C@H]([NH2+]CC(=O)NCCc1ccc(OC(F)F)cc1)c1ccccc1. The summed E-state index contributed by atoms with van der Waals surface area (Å²) in [5.74, 6) is 0.104. The first-order valence-corrected chi connectivity index (χ1v) is 8.23. The predicted molar refractivity (Wildman–Crippen MR) is 91.4 cm³/mol. The van der Waals surface area contributed by atoms with Gasteiger partial charge in [-0.25, -0.2) is 0 Å². The molecule has 0 bridgehead atoms. The molecular formula is C19H23F2N2O2+. The Morgan fingerprint density at radius 1 is 1.12 bits per heavy atom. The van der Waals surface area contributed by atoms with Crippen molar-refractivity contribution in [3.8, 4) is 5.75 Å². The van der Waals surface area contributed by atoms with Gasteiger partial charge < -0.3 is 15.4 Å². The van der Waals surface area contributed by atoms with Crippen LogP contribution in [0.3, 0.4) is 0 Å². The zero-order valence-corrected chi connectivity index (χ0v) is 14.1. The third kappa shape index (κ3) is 6.89. The number of nitrogens with two attached hydrogens (primary N) is 1. The Balaban J connectivity index is 1.66. The van der Waals surface area contributed by atoms with Gasteiger partial charge in [0.2, 0.25) is 0 Å². The average Bonchev–Trinajstić information content (AvgIpc) is 2.61. The molecule has 0 spiro atoms. The van der Waals surface area contributed by atoms with E-state index < -0.39 is 6.61 Å². The molecule has 2 aromatic rings. The number of alkyl halides is 2. The van der Waals surface area contributed by atoms with Gasteiger partial charge in [0.1, 0.15) is 11.8 Å².